The second-order valence-corrected chi connectivity index (χ2v) is 8.94. The van der Waals surface area contributed by atoms with Crippen LogP contribution in [0.15, 0.2) is 67.0 Å². The van der Waals surface area contributed by atoms with E-state index in [0.717, 1.165) is 42.6 Å². The summed E-state index contributed by atoms with van der Waals surface area (Å²) >= 11 is 6.14. The van der Waals surface area contributed by atoms with E-state index in [1.807, 2.05) is 55.6 Å². The number of rotatable bonds is 6. The van der Waals surface area contributed by atoms with Crippen molar-refractivity contribution in [3.63, 3.8) is 0 Å². The first-order chi connectivity index (χ1) is 16.6. The average molecular weight is 476 g/mol. The van der Waals surface area contributed by atoms with Crippen LogP contribution in [0.1, 0.15) is 36.2 Å². The van der Waals surface area contributed by atoms with E-state index in [2.05, 4.69) is 20.7 Å². The van der Waals surface area contributed by atoms with Crippen LogP contribution in [0.2, 0.25) is 5.02 Å². The minimum Gasteiger partial charge on any atom is -0.490 e. The predicted octanol–water partition coefficient (Wildman–Crippen LogP) is 5.21. The zero-order valence-corrected chi connectivity index (χ0v) is 19.6. The molecule has 2 heterocycles. The van der Waals surface area contributed by atoms with Gasteiger partial charge in [-0.25, -0.2) is 9.50 Å². The maximum atomic E-state index is 12.9. The molecule has 0 saturated heterocycles. The topological polar surface area (TPSA) is 80.5 Å². The summed E-state index contributed by atoms with van der Waals surface area (Å²) in [5, 5.41) is 11.2. The molecule has 0 aliphatic heterocycles. The van der Waals surface area contributed by atoms with E-state index < -0.39 is 0 Å². The summed E-state index contributed by atoms with van der Waals surface area (Å²) in [5.74, 6) is 0.524. The molecule has 8 heteroatoms. The number of amides is 1. The van der Waals surface area contributed by atoms with Gasteiger partial charge in [0.05, 0.1) is 12.3 Å². The molecule has 1 aliphatic rings. The molecule has 1 saturated carbocycles. The molecule has 1 fully saturated rings. The standard InChI is InChI=1S/C26H26ClN5O2/c1-28-19-5-9-21(10-6-19)34-22-11-7-20(8-12-22)30-26(33)24-13-14-32-25(31-24)23(16-29-32)17-3-2-4-18(27)15-17/h2-4,7-8,11-16,19,21,28H,5-6,9-10H2,1H3,(H,30,33). The minimum absolute atomic E-state index is 0.241. The molecular weight excluding hydrogens is 450 g/mol. The first-order valence-electron chi connectivity index (χ1n) is 11.4. The van der Waals surface area contributed by atoms with E-state index in [4.69, 9.17) is 16.3 Å². The Bertz CT molecular complexity index is 1300. The molecule has 2 aromatic carbocycles. The molecule has 174 valence electrons. The van der Waals surface area contributed by atoms with Gasteiger partial charge in [-0.1, -0.05) is 23.7 Å². The van der Waals surface area contributed by atoms with E-state index >= 15 is 0 Å². The fourth-order valence-electron chi connectivity index (χ4n) is 4.33. The van der Waals surface area contributed by atoms with Crippen LogP contribution in [0, 0.1) is 0 Å². The van der Waals surface area contributed by atoms with Crippen LogP contribution in [-0.2, 0) is 0 Å². The van der Waals surface area contributed by atoms with Crippen LogP contribution in [-0.4, -0.2) is 39.7 Å². The molecule has 5 rings (SSSR count). The Hall–Kier alpha value is -3.42. The van der Waals surface area contributed by atoms with Gasteiger partial charge in [-0.3, -0.25) is 4.79 Å². The van der Waals surface area contributed by atoms with E-state index in [1.54, 1.807) is 23.0 Å². The van der Waals surface area contributed by atoms with Crippen LogP contribution in [0.25, 0.3) is 16.8 Å². The lowest BCUT2D eigenvalue weighted by Gasteiger charge is -2.28. The molecule has 0 radical (unpaired) electrons. The summed E-state index contributed by atoms with van der Waals surface area (Å²) in [7, 11) is 2.01. The Balaban J connectivity index is 1.27. The molecule has 2 N–H and O–H groups in total. The highest BCUT2D eigenvalue weighted by Crippen LogP contribution is 2.27. The zero-order valence-electron chi connectivity index (χ0n) is 18.9. The summed E-state index contributed by atoms with van der Waals surface area (Å²) in [5.41, 5.74) is 3.27. The second-order valence-electron chi connectivity index (χ2n) is 8.51. The maximum absolute atomic E-state index is 12.9. The number of hydrogen-bond donors (Lipinski definition) is 2. The first kappa shape index (κ1) is 22.4. The number of hydrogen-bond acceptors (Lipinski definition) is 5. The predicted molar refractivity (Wildman–Crippen MR) is 134 cm³/mol. The zero-order chi connectivity index (χ0) is 23.5. The maximum Gasteiger partial charge on any atom is 0.274 e. The highest BCUT2D eigenvalue weighted by molar-refractivity contribution is 6.30. The number of halogens is 1. The van der Waals surface area contributed by atoms with Crippen LogP contribution in [0.3, 0.4) is 0 Å². The van der Waals surface area contributed by atoms with Crippen molar-refractivity contribution in [1.82, 2.24) is 19.9 Å². The number of carbonyl (C=O) groups excluding carboxylic acids is 1. The normalized spacial score (nSPS) is 18.1. The summed E-state index contributed by atoms with van der Waals surface area (Å²) in [6.07, 6.45) is 8.04. The molecule has 7 nitrogen and oxygen atoms in total. The Morgan fingerprint density at radius 1 is 1.09 bits per heavy atom. The minimum atomic E-state index is -0.292. The second kappa shape index (κ2) is 9.83. The van der Waals surface area contributed by atoms with Gasteiger partial charge < -0.3 is 15.4 Å². The fraction of sp³-hybridized carbons (Fsp3) is 0.269. The van der Waals surface area contributed by atoms with E-state index in [1.165, 1.54) is 0 Å². The lowest BCUT2D eigenvalue weighted by Crippen LogP contribution is -2.34. The van der Waals surface area contributed by atoms with Crippen LogP contribution < -0.4 is 15.4 Å². The van der Waals surface area contributed by atoms with Crippen molar-refractivity contribution < 1.29 is 9.53 Å². The number of nitrogens with zero attached hydrogens (tertiary/aromatic N) is 3. The van der Waals surface area contributed by atoms with Crippen molar-refractivity contribution in [2.75, 3.05) is 12.4 Å². The number of carbonyl (C=O) groups is 1. The molecular formula is C26H26ClN5O2. The summed E-state index contributed by atoms with van der Waals surface area (Å²) in [6, 6.07) is 17.2. The van der Waals surface area contributed by atoms with Gasteiger partial charge in [0.2, 0.25) is 0 Å². The van der Waals surface area contributed by atoms with Crippen molar-refractivity contribution in [1.29, 1.82) is 0 Å². The molecule has 1 amide bonds. The molecule has 4 aromatic rings. The summed E-state index contributed by atoms with van der Waals surface area (Å²) < 4.78 is 7.77. The van der Waals surface area contributed by atoms with Crippen molar-refractivity contribution in [3.05, 3.63) is 77.7 Å². The SMILES string of the molecule is CNC1CCC(Oc2ccc(NC(=O)c3ccn4ncc(-c5cccc(Cl)c5)c4n3)cc2)CC1. The Kier molecular flexibility index (Phi) is 6.47. The Morgan fingerprint density at radius 3 is 2.62 bits per heavy atom. The van der Waals surface area contributed by atoms with Gasteiger partial charge in [-0.15, -0.1) is 0 Å². The number of ether oxygens (including phenoxy) is 1. The Morgan fingerprint density at radius 2 is 1.88 bits per heavy atom. The highest BCUT2D eigenvalue weighted by Gasteiger charge is 2.21. The van der Waals surface area contributed by atoms with Crippen LogP contribution in [0.4, 0.5) is 5.69 Å². The van der Waals surface area contributed by atoms with Gasteiger partial charge in [0.15, 0.2) is 5.65 Å². The third kappa shape index (κ3) is 4.90. The van der Waals surface area contributed by atoms with E-state index in [-0.39, 0.29) is 12.0 Å². The van der Waals surface area contributed by atoms with Crippen LogP contribution >= 0.6 is 11.6 Å². The van der Waals surface area contributed by atoms with Gasteiger partial charge in [0.1, 0.15) is 11.4 Å². The molecule has 2 aromatic heterocycles. The van der Waals surface area contributed by atoms with Crippen molar-refractivity contribution in [3.8, 4) is 16.9 Å². The molecule has 1 aliphatic carbocycles. The summed E-state index contributed by atoms with van der Waals surface area (Å²) in [4.78, 5) is 17.4. The largest absolute Gasteiger partial charge is 0.490 e. The first-order valence-corrected chi connectivity index (χ1v) is 11.8. The van der Waals surface area contributed by atoms with Gasteiger partial charge in [-0.05, 0) is 80.8 Å². The number of fused-ring (bicyclic) bond motifs is 1. The molecule has 0 unspecified atom stereocenters. The lowest BCUT2D eigenvalue weighted by molar-refractivity contribution is 0.102. The Labute approximate surface area is 203 Å². The third-order valence-corrected chi connectivity index (χ3v) is 6.47. The molecule has 0 bridgehead atoms. The van der Waals surface area contributed by atoms with Gasteiger partial charge in [0, 0.05) is 28.5 Å². The number of anilines is 1. The van der Waals surface area contributed by atoms with E-state index in [0.29, 0.717) is 28.1 Å². The molecule has 0 spiro atoms. The molecule has 34 heavy (non-hydrogen) atoms. The fourth-order valence-corrected chi connectivity index (χ4v) is 4.52. The van der Waals surface area contributed by atoms with E-state index in [9.17, 15) is 4.79 Å². The smallest absolute Gasteiger partial charge is 0.274 e. The summed E-state index contributed by atoms with van der Waals surface area (Å²) in [6.45, 7) is 0. The number of benzene rings is 2. The van der Waals surface area contributed by atoms with Crippen molar-refractivity contribution in [2.45, 2.75) is 37.8 Å². The highest BCUT2D eigenvalue weighted by atomic mass is 35.5. The number of aromatic nitrogens is 3. The average Bonchev–Trinajstić information content (AvgIpc) is 3.29. The quantitative estimate of drug-likeness (QED) is 0.400. The van der Waals surface area contributed by atoms with Gasteiger partial charge >= 0.3 is 0 Å². The van der Waals surface area contributed by atoms with Crippen molar-refractivity contribution >= 4 is 28.8 Å². The monoisotopic (exact) mass is 475 g/mol. The van der Waals surface area contributed by atoms with Crippen molar-refractivity contribution in [2.24, 2.45) is 0 Å². The number of nitrogens with one attached hydrogen (secondary N) is 2. The molecule has 0 atom stereocenters. The van der Waals surface area contributed by atoms with Gasteiger partial charge in [0.25, 0.3) is 5.91 Å². The third-order valence-electron chi connectivity index (χ3n) is 6.23. The lowest BCUT2D eigenvalue weighted by atomic mass is 9.93. The van der Waals surface area contributed by atoms with Gasteiger partial charge in [-0.2, -0.15) is 5.10 Å². The van der Waals surface area contributed by atoms with Crippen LogP contribution in [0.5, 0.6) is 5.75 Å².